The van der Waals surface area contributed by atoms with Crippen LogP contribution in [0.4, 0.5) is 0 Å². The van der Waals surface area contributed by atoms with E-state index in [-0.39, 0.29) is 1.43 Å². The Bertz CT molecular complexity index is 496. The van der Waals surface area contributed by atoms with Crippen LogP contribution in [0.2, 0.25) is 0 Å². The molecule has 2 aliphatic heterocycles. The molecule has 1 spiro atoms. The molecule has 2 fully saturated rings. The Kier molecular flexibility index (Phi) is 2.57. The van der Waals surface area contributed by atoms with Gasteiger partial charge < -0.3 is 15.4 Å². The van der Waals surface area contributed by atoms with Crippen molar-refractivity contribution in [2.75, 3.05) is 19.6 Å². The topological polar surface area (TPSA) is 46.2 Å². The standard InChI is InChI=1S/C15H21N3O.H2/c1-10-14-12(2-4-17-10)13(3-5-18-14)19-11-6-15(7-11)8-16-9-15;/h3,5,10-11,16-17H,2,4,6-9H2,1H3;1H. The third-order valence-corrected chi connectivity index (χ3v) is 4.90. The molecule has 0 bridgehead atoms. The van der Waals surface area contributed by atoms with E-state index in [4.69, 9.17) is 4.74 Å². The minimum absolute atomic E-state index is 0. The molecule has 4 nitrogen and oxygen atoms in total. The Morgan fingerprint density at radius 2 is 2.26 bits per heavy atom. The van der Waals surface area contributed by atoms with E-state index in [1.807, 2.05) is 12.3 Å². The zero-order chi connectivity index (χ0) is 12.9. The lowest BCUT2D eigenvalue weighted by atomic mass is 9.63. The molecule has 1 saturated heterocycles. The molecule has 2 N–H and O–H groups in total. The minimum Gasteiger partial charge on any atom is -0.490 e. The molecule has 0 amide bonds. The molecule has 19 heavy (non-hydrogen) atoms. The van der Waals surface area contributed by atoms with Crippen LogP contribution in [0.25, 0.3) is 0 Å². The van der Waals surface area contributed by atoms with Gasteiger partial charge in [0, 0.05) is 37.7 Å². The Balaban J connectivity index is 0.00000121. The minimum atomic E-state index is 0. The summed E-state index contributed by atoms with van der Waals surface area (Å²) in [6.07, 6.45) is 5.76. The molecule has 1 atom stereocenters. The molecule has 1 aromatic rings. The third-order valence-electron chi connectivity index (χ3n) is 4.90. The molecule has 1 aliphatic carbocycles. The predicted molar refractivity (Wildman–Crippen MR) is 75.4 cm³/mol. The van der Waals surface area contributed by atoms with Gasteiger partial charge in [0.2, 0.25) is 0 Å². The summed E-state index contributed by atoms with van der Waals surface area (Å²) >= 11 is 0. The van der Waals surface area contributed by atoms with Crippen molar-refractivity contribution in [2.24, 2.45) is 5.41 Å². The van der Waals surface area contributed by atoms with Gasteiger partial charge in [-0.2, -0.15) is 0 Å². The number of hydrogen-bond donors (Lipinski definition) is 2. The highest BCUT2D eigenvalue weighted by atomic mass is 16.5. The largest absolute Gasteiger partial charge is 0.490 e. The van der Waals surface area contributed by atoms with Crippen LogP contribution in [0, 0.1) is 5.41 Å². The molecular formula is C15H23N3O. The molecular weight excluding hydrogens is 238 g/mol. The van der Waals surface area contributed by atoms with E-state index in [0.717, 1.165) is 18.7 Å². The second-order valence-corrected chi connectivity index (χ2v) is 6.35. The first kappa shape index (κ1) is 11.7. The van der Waals surface area contributed by atoms with Crippen molar-refractivity contribution in [1.82, 2.24) is 15.6 Å². The first-order valence-electron chi connectivity index (χ1n) is 7.34. The maximum Gasteiger partial charge on any atom is 0.126 e. The Morgan fingerprint density at radius 1 is 1.42 bits per heavy atom. The van der Waals surface area contributed by atoms with Gasteiger partial charge >= 0.3 is 0 Å². The lowest BCUT2D eigenvalue weighted by Crippen LogP contribution is -2.62. The van der Waals surface area contributed by atoms with Gasteiger partial charge in [-0.3, -0.25) is 4.98 Å². The third kappa shape index (κ3) is 1.85. The SMILES string of the molecule is CC1NCCc2c(OC3CC4(CNC4)C3)ccnc21.[HH]. The summed E-state index contributed by atoms with van der Waals surface area (Å²) in [7, 11) is 0. The summed E-state index contributed by atoms with van der Waals surface area (Å²) in [5, 5.41) is 6.82. The Labute approximate surface area is 115 Å². The van der Waals surface area contributed by atoms with Crippen molar-refractivity contribution in [2.45, 2.75) is 38.3 Å². The fourth-order valence-electron chi connectivity index (χ4n) is 3.67. The quantitative estimate of drug-likeness (QED) is 0.850. The number of nitrogens with one attached hydrogen (secondary N) is 2. The van der Waals surface area contributed by atoms with Gasteiger partial charge in [-0.25, -0.2) is 0 Å². The maximum atomic E-state index is 6.23. The fourth-order valence-corrected chi connectivity index (χ4v) is 3.67. The normalized spacial score (nSPS) is 28.4. The number of rotatable bonds is 2. The van der Waals surface area contributed by atoms with E-state index in [0.29, 0.717) is 17.6 Å². The lowest BCUT2D eigenvalue weighted by Gasteiger charge is -2.53. The monoisotopic (exact) mass is 261 g/mol. The average Bonchev–Trinajstić information content (AvgIpc) is 2.32. The van der Waals surface area contributed by atoms with Crippen LogP contribution in [0.3, 0.4) is 0 Å². The lowest BCUT2D eigenvalue weighted by molar-refractivity contribution is -0.0500. The van der Waals surface area contributed by atoms with Crippen molar-refractivity contribution in [3.05, 3.63) is 23.5 Å². The van der Waals surface area contributed by atoms with Gasteiger partial charge in [-0.1, -0.05) is 0 Å². The highest BCUT2D eigenvalue weighted by Crippen LogP contribution is 2.46. The Morgan fingerprint density at radius 3 is 3.00 bits per heavy atom. The number of fused-ring (bicyclic) bond motifs is 1. The van der Waals surface area contributed by atoms with Gasteiger partial charge in [0.1, 0.15) is 5.75 Å². The van der Waals surface area contributed by atoms with Crippen molar-refractivity contribution in [3.8, 4) is 5.75 Å². The smallest absolute Gasteiger partial charge is 0.126 e. The average molecular weight is 261 g/mol. The van der Waals surface area contributed by atoms with Crippen LogP contribution in [0.1, 0.15) is 38.5 Å². The van der Waals surface area contributed by atoms with Crippen LogP contribution in [0.15, 0.2) is 12.3 Å². The molecule has 1 aromatic heterocycles. The van der Waals surface area contributed by atoms with Crippen molar-refractivity contribution in [3.63, 3.8) is 0 Å². The van der Waals surface area contributed by atoms with Crippen molar-refractivity contribution in [1.29, 1.82) is 0 Å². The summed E-state index contributed by atoms with van der Waals surface area (Å²) < 4.78 is 6.23. The Hall–Kier alpha value is -1.13. The fraction of sp³-hybridized carbons (Fsp3) is 0.667. The number of ether oxygens (including phenoxy) is 1. The highest BCUT2D eigenvalue weighted by Gasteiger charge is 2.49. The first-order chi connectivity index (χ1) is 9.26. The van der Waals surface area contributed by atoms with Gasteiger partial charge in [0.15, 0.2) is 0 Å². The second kappa shape index (κ2) is 4.18. The van der Waals surface area contributed by atoms with Crippen molar-refractivity contribution < 1.29 is 6.16 Å². The molecule has 104 valence electrons. The summed E-state index contributed by atoms with van der Waals surface area (Å²) in [6.45, 7) is 5.56. The molecule has 1 saturated carbocycles. The van der Waals surface area contributed by atoms with E-state index in [2.05, 4.69) is 22.5 Å². The van der Waals surface area contributed by atoms with E-state index in [1.165, 1.54) is 37.2 Å². The van der Waals surface area contributed by atoms with E-state index in [1.54, 1.807) is 0 Å². The number of pyridine rings is 1. The van der Waals surface area contributed by atoms with E-state index < -0.39 is 0 Å². The van der Waals surface area contributed by atoms with Crippen LogP contribution in [-0.2, 0) is 6.42 Å². The number of hydrogen-bond acceptors (Lipinski definition) is 4. The van der Waals surface area contributed by atoms with Crippen LogP contribution in [0.5, 0.6) is 5.75 Å². The predicted octanol–water partition coefficient (Wildman–Crippen LogP) is 1.67. The summed E-state index contributed by atoms with van der Waals surface area (Å²) in [5.41, 5.74) is 3.07. The van der Waals surface area contributed by atoms with Gasteiger partial charge in [-0.05, 0) is 38.8 Å². The zero-order valence-corrected chi connectivity index (χ0v) is 11.4. The first-order valence-corrected chi connectivity index (χ1v) is 7.34. The highest BCUT2D eigenvalue weighted by molar-refractivity contribution is 5.39. The second-order valence-electron chi connectivity index (χ2n) is 6.35. The van der Waals surface area contributed by atoms with Gasteiger partial charge in [0.25, 0.3) is 0 Å². The van der Waals surface area contributed by atoms with Crippen molar-refractivity contribution >= 4 is 0 Å². The zero-order valence-electron chi connectivity index (χ0n) is 11.4. The molecule has 4 heteroatoms. The van der Waals surface area contributed by atoms with Crippen LogP contribution >= 0.6 is 0 Å². The van der Waals surface area contributed by atoms with Gasteiger partial charge in [0.05, 0.1) is 11.8 Å². The summed E-state index contributed by atoms with van der Waals surface area (Å²) in [5.74, 6) is 1.07. The molecule has 0 radical (unpaired) electrons. The van der Waals surface area contributed by atoms with Gasteiger partial charge in [-0.15, -0.1) is 0 Å². The number of aromatic nitrogens is 1. The number of nitrogens with zero attached hydrogens (tertiary/aromatic N) is 1. The molecule has 1 unspecified atom stereocenters. The van der Waals surface area contributed by atoms with E-state index >= 15 is 0 Å². The summed E-state index contributed by atoms with van der Waals surface area (Å²) in [4.78, 5) is 4.52. The molecule has 4 rings (SSSR count). The molecule has 3 aliphatic rings. The van der Waals surface area contributed by atoms with Crippen LogP contribution in [-0.4, -0.2) is 30.7 Å². The van der Waals surface area contributed by atoms with E-state index in [9.17, 15) is 0 Å². The summed E-state index contributed by atoms with van der Waals surface area (Å²) in [6, 6.07) is 2.39. The molecule has 3 heterocycles. The molecule has 0 aromatic carbocycles. The van der Waals surface area contributed by atoms with Crippen LogP contribution < -0.4 is 15.4 Å². The maximum absolute atomic E-state index is 6.23.